The number of carbonyl (C=O) groups is 1. The minimum absolute atomic E-state index is 0.0900. The van der Waals surface area contributed by atoms with Crippen LogP contribution < -0.4 is 10.9 Å². The first-order valence-corrected chi connectivity index (χ1v) is 12.4. The van der Waals surface area contributed by atoms with Crippen LogP contribution in [0.25, 0.3) is 11.0 Å². The van der Waals surface area contributed by atoms with E-state index in [1.165, 1.54) is 23.1 Å². The quantitative estimate of drug-likeness (QED) is 0.548. The summed E-state index contributed by atoms with van der Waals surface area (Å²) in [7, 11) is -3.21. The molecule has 3 heterocycles. The molecule has 1 saturated heterocycles. The molecule has 0 spiro atoms. The first-order valence-electron chi connectivity index (χ1n) is 10.5. The molecule has 4 rings (SSSR count). The van der Waals surface area contributed by atoms with Crippen LogP contribution in [-0.2, 0) is 27.9 Å². The Morgan fingerprint density at radius 2 is 1.91 bits per heavy atom. The Kier molecular flexibility index (Phi) is 6.38. The fourth-order valence-electron chi connectivity index (χ4n) is 3.93. The third-order valence-corrected chi connectivity index (χ3v) is 7.04. The van der Waals surface area contributed by atoms with Gasteiger partial charge in [0, 0.05) is 25.6 Å². The number of rotatable bonds is 7. The van der Waals surface area contributed by atoms with Gasteiger partial charge in [0.2, 0.25) is 15.9 Å². The van der Waals surface area contributed by atoms with Crippen LogP contribution in [0.4, 0.5) is 0 Å². The molecule has 2 aromatic heterocycles. The van der Waals surface area contributed by atoms with Gasteiger partial charge in [-0.25, -0.2) is 22.4 Å². The van der Waals surface area contributed by atoms with Gasteiger partial charge in [0.1, 0.15) is 11.7 Å². The van der Waals surface area contributed by atoms with Gasteiger partial charge in [-0.3, -0.25) is 14.2 Å². The lowest BCUT2D eigenvalue weighted by molar-refractivity contribution is -0.126. The number of nitrogens with one attached hydrogen (secondary N) is 1. The lowest BCUT2D eigenvalue weighted by Crippen LogP contribution is -2.43. The maximum atomic E-state index is 12.8. The van der Waals surface area contributed by atoms with Crippen molar-refractivity contribution in [2.45, 2.75) is 25.9 Å². The third kappa shape index (κ3) is 4.89. The number of carbonyl (C=O) groups excluding carboxylic acids is 1. The van der Waals surface area contributed by atoms with Gasteiger partial charge in [-0.1, -0.05) is 30.3 Å². The minimum Gasteiger partial charge on any atom is -0.354 e. The van der Waals surface area contributed by atoms with Gasteiger partial charge in [-0.15, -0.1) is 0 Å². The molecule has 0 saturated carbocycles. The van der Waals surface area contributed by atoms with Crippen molar-refractivity contribution in [1.29, 1.82) is 0 Å². The molecule has 0 aliphatic carbocycles. The number of fused-ring (bicyclic) bond motifs is 1. The molecule has 3 aromatic rings. The van der Waals surface area contributed by atoms with Crippen LogP contribution in [0, 0.1) is 5.92 Å². The predicted octanol–water partition coefficient (Wildman–Crippen LogP) is 0.429. The van der Waals surface area contributed by atoms with E-state index in [1.54, 1.807) is 9.25 Å². The normalized spacial score (nSPS) is 15.8. The van der Waals surface area contributed by atoms with Crippen LogP contribution in [0.5, 0.6) is 0 Å². The summed E-state index contributed by atoms with van der Waals surface area (Å²) in [6.07, 6.45) is 5.23. The van der Waals surface area contributed by atoms with Crippen molar-refractivity contribution in [3.63, 3.8) is 0 Å². The molecule has 1 N–H and O–H groups in total. The summed E-state index contributed by atoms with van der Waals surface area (Å²) >= 11 is 0. The number of nitrogens with zero attached hydrogens (tertiary/aromatic N) is 5. The van der Waals surface area contributed by atoms with E-state index in [2.05, 4.69) is 15.4 Å². The topological polar surface area (TPSA) is 119 Å². The van der Waals surface area contributed by atoms with E-state index in [-0.39, 0.29) is 17.4 Å². The van der Waals surface area contributed by atoms with Crippen molar-refractivity contribution in [2.75, 3.05) is 25.9 Å². The molecule has 1 amide bonds. The van der Waals surface area contributed by atoms with Crippen LogP contribution >= 0.6 is 0 Å². The fraction of sp³-hybridized carbons (Fsp3) is 0.429. The summed E-state index contributed by atoms with van der Waals surface area (Å²) < 4.78 is 27.8. The van der Waals surface area contributed by atoms with Crippen LogP contribution in [0.1, 0.15) is 18.4 Å². The summed E-state index contributed by atoms with van der Waals surface area (Å²) in [4.78, 5) is 29.6. The zero-order valence-electron chi connectivity index (χ0n) is 17.8. The van der Waals surface area contributed by atoms with E-state index >= 15 is 0 Å². The number of aromatic nitrogens is 4. The highest BCUT2D eigenvalue weighted by atomic mass is 32.2. The Bertz CT molecular complexity index is 1260. The number of sulfonamides is 1. The van der Waals surface area contributed by atoms with Crippen molar-refractivity contribution in [3.8, 4) is 0 Å². The molecule has 1 aliphatic heterocycles. The summed E-state index contributed by atoms with van der Waals surface area (Å²) in [5.41, 5.74) is 1.33. The zero-order chi connectivity index (χ0) is 22.7. The average molecular weight is 459 g/mol. The molecule has 0 bridgehead atoms. The molecule has 1 aromatic carbocycles. The van der Waals surface area contributed by atoms with E-state index in [9.17, 15) is 18.0 Å². The number of piperidine rings is 1. The van der Waals surface area contributed by atoms with Gasteiger partial charge >= 0.3 is 0 Å². The van der Waals surface area contributed by atoms with Gasteiger partial charge in [0.15, 0.2) is 5.65 Å². The standard InChI is InChI=1S/C21H26N6O4S/c1-32(30,31)26-10-7-17(8-11-26)20(28)22-9-12-27-19-18(13-24-27)21(29)25(15-23-19)14-16-5-3-2-4-6-16/h2-6,13,15,17H,7-12,14H2,1H3,(H,22,28). The van der Waals surface area contributed by atoms with Crippen molar-refractivity contribution in [2.24, 2.45) is 5.92 Å². The summed E-state index contributed by atoms with van der Waals surface area (Å²) in [6, 6.07) is 9.68. The molecule has 1 fully saturated rings. The smallest absolute Gasteiger partial charge is 0.264 e. The molecule has 10 nitrogen and oxygen atoms in total. The van der Waals surface area contributed by atoms with E-state index < -0.39 is 10.0 Å². The molecule has 32 heavy (non-hydrogen) atoms. The highest BCUT2D eigenvalue weighted by Gasteiger charge is 2.28. The highest BCUT2D eigenvalue weighted by molar-refractivity contribution is 7.88. The largest absolute Gasteiger partial charge is 0.354 e. The van der Waals surface area contributed by atoms with Crippen LogP contribution in [0.2, 0.25) is 0 Å². The average Bonchev–Trinajstić information content (AvgIpc) is 3.19. The van der Waals surface area contributed by atoms with E-state index in [1.807, 2.05) is 30.3 Å². The number of benzene rings is 1. The molecular formula is C21H26N6O4S. The van der Waals surface area contributed by atoms with Gasteiger partial charge in [0.05, 0.1) is 25.5 Å². The highest BCUT2D eigenvalue weighted by Crippen LogP contribution is 2.19. The van der Waals surface area contributed by atoms with Gasteiger partial charge in [-0.2, -0.15) is 5.10 Å². The number of hydrogen-bond acceptors (Lipinski definition) is 6. The minimum atomic E-state index is -3.21. The second-order valence-corrected chi connectivity index (χ2v) is 9.98. The van der Waals surface area contributed by atoms with E-state index in [0.29, 0.717) is 56.6 Å². The fourth-order valence-corrected chi connectivity index (χ4v) is 4.81. The Morgan fingerprint density at radius 1 is 1.19 bits per heavy atom. The molecule has 170 valence electrons. The predicted molar refractivity (Wildman–Crippen MR) is 119 cm³/mol. The summed E-state index contributed by atoms with van der Waals surface area (Å²) in [6.45, 7) is 1.88. The summed E-state index contributed by atoms with van der Waals surface area (Å²) in [5.74, 6) is -0.293. The van der Waals surface area contributed by atoms with Crippen LogP contribution in [-0.4, -0.2) is 63.9 Å². The monoisotopic (exact) mass is 458 g/mol. The molecule has 11 heteroatoms. The maximum absolute atomic E-state index is 12.8. The Morgan fingerprint density at radius 3 is 2.59 bits per heavy atom. The van der Waals surface area contributed by atoms with Crippen LogP contribution in [0.3, 0.4) is 0 Å². The third-order valence-electron chi connectivity index (χ3n) is 5.73. The first-order chi connectivity index (χ1) is 15.3. The first kappa shape index (κ1) is 22.2. The SMILES string of the molecule is CS(=O)(=O)N1CCC(C(=O)NCCn2ncc3c(=O)n(Cc4ccccc4)cnc32)CC1. The Hall–Kier alpha value is -3.05. The molecule has 0 radical (unpaired) electrons. The van der Waals surface area contributed by atoms with Gasteiger partial charge in [0.25, 0.3) is 5.56 Å². The van der Waals surface area contributed by atoms with E-state index in [0.717, 1.165) is 5.56 Å². The molecule has 1 aliphatic rings. The molecular weight excluding hydrogens is 432 g/mol. The van der Waals surface area contributed by atoms with Crippen molar-refractivity contribution in [3.05, 3.63) is 58.8 Å². The zero-order valence-corrected chi connectivity index (χ0v) is 18.7. The van der Waals surface area contributed by atoms with Crippen molar-refractivity contribution in [1.82, 2.24) is 29.0 Å². The molecule has 0 atom stereocenters. The second kappa shape index (κ2) is 9.21. The van der Waals surface area contributed by atoms with Crippen LogP contribution in [0.15, 0.2) is 47.7 Å². The maximum Gasteiger partial charge on any atom is 0.264 e. The lowest BCUT2D eigenvalue weighted by Gasteiger charge is -2.29. The van der Waals surface area contributed by atoms with Gasteiger partial charge in [-0.05, 0) is 18.4 Å². The van der Waals surface area contributed by atoms with Crippen molar-refractivity contribution < 1.29 is 13.2 Å². The van der Waals surface area contributed by atoms with E-state index in [4.69, 9.17) is 0 Å². The lowest BCUT2D eigenvalue weighted by atomic mass is 9.97. The Balaban J connectivity index is 1.34. The second-order valence-electron chi connectivity index (χ2n) is 8.00. The van der Waals surface area contributed by atoms with Gasteiger partial charge < -0.3 is 5.32 Å². The molecule has 0 unspecified atom stereocenters. The summed E-state index contributed by atoms with van der Waals surface area (Å²) in [5, 5.41) is 7.59. The van der Waals surface area contributed by atoms with Crippen molar-refractivity contribution >= 4 is 27.0 Å². The number of amides is 1. The Labute approximate surface area is 185 Å². The number of hydrogen-bond donors (Lipinski definition) is 1.